The number of aryl methyl sites for hydroxylation is 2. The van der Waals surface area contributed by atoms with Crippen LogP contribution >= 0.6 is 0 Å². The summed E-state index contributed by atoms with van der Waals surface area (Å²) in [5, 5.41) is 15.7. The summed E-state index contributed by atoms with van der Waals surface area (Å²) in [6.45, 7) is 9.13. The number of para-hydroxylation sites is 1. The number of alkyl carbamates (subject to hydrolysis) is 1. The van der Waals surface area contributed by atoms with E-state index in [0.717, 1.165) is 41.5 Å². The summed E-state index contributed by atoms with van der Waals surface area (Å²) in [6, 6.07) is 19.5. The largest absolute Gasteiger partial charge is 0.508 e. The van der Waals surface area contributed by atoms with Gasteiger partial charge in [0.05, 0.1) is 0 Å². The molecule has 1 saturated carbocycles. The maximum atomic E-state index is 14.6. The van der Waals surface area contributed by atoms with Gasteiger partial charge in [0.1, 0.15) is 23.4 Å². The summed E-state index contributed by atoms with van der Waals surface area (Å²) < 4.78 is 5.52. The average Bonchev–Trinajstić information content (AvgIpc) is 2.89. The third kappa shape index (κ3) is 7.69. The number of hydrogen-bond acceptors (Lipinski definition) is 5. The van der Waals surface area contributed by atoms with Crippen molar-refractivity contribution in [1.29, 1.82) is 0 Å². The van der Waals surface area contributed by atoms with Gasteiger partial charge in [-0.05, 0) is 94.3 Å². The minimum Gasteiger partial charge on any atom is -0.508 e. The van der Waals surface area contributed by atoms with E-state index in [4.69, 9.17) is 4.74 Å². The van der Waals surface area contributed by atoms with Crippen molar-refractivity contribution >= 4 is 23.6 Å². The minimum absolute atomic E-state index is 0.102. The smallest absolute Gasteiger partial charge is 0.408 e. The van der Waals surface area contributed by atoms with Crippen molar-refractivity contribution in [3.8, 4) is 5.75 Å². The van der Waals surface area contributed by atoms with Crippen LogP contribution in [0.1, 0.15) is 68.3 Å². The molecule has 0 aliphatic heterocycles. The molecule has 42 heavy (non-hydrogen) atoms. The fourth-order valence-corrected chi connectivity index (χ4v) is 5.11. The predicted molar refractivity (Wildman–Crippen MR) is 163 cm³/mol. The summed E-state index contributed by atoms with van der Waals surface area (Å²) in [4.78, 5) is 43.5. The van der Waals surface area contributed by atoms with Crippen LogP contribution in [-0.2, 0) is 20.7 Å². The van der Waals surface area contributed by atoms with E-state index in [1.54, 1.807) is 49.9 Å². The molecular weight excluding hydrogens is 530 g/mol. The van der Waals surface area contributed by atoms with Crippen molar-refractivity contribution in [2.24, 2.45) is 0 Å². The molecule has 2 unspecified atom stereocenters. The summed E-state index contributed by atoms with van der Waals surface area (Å²) in [6.07, 6.45) is 1.89. The summed E-state index contributed by atoms with van der Waals surface area (Å²) in [5.41, 5.74) is 3.18. The van der Waals surface area contributed by atoms with Crippen molar-refractivity contribution < 1.29 is 24.2 Å². The molecule has 222 valence electrons. The van der Waals surface area contributed by atoms with Crippen LogP contribution in [0.3, 0.4) is 0 Å². The molecule has 1 aliphatic carbocycles. The molecule has 1 aliphatic rings. The number of benzene rings is 3. The highest BCUT2D eigenvalue weighted by Gasteiger charge is 2.42. The Bertz CT molecular complexity index is 1410. The first-order chi connectivity index (χ1) is 19.9. The number of carbonyl (C=O) groups is 3. The molecule has 4 rings (SSSR count). The zero-order valence-electron chi connectivity index (χ0n) is 25.0. The molecule has 3 aromatic carbocycles. The lowest BCUT2D eigenvalue weighted by Crippen LogP contribution is -2.57. The molecule has 3 aromatic rings. The minimum atomic E-state index is -1.01. The molecule has 0 bridgehead atoms. The van der Waals surface area contributed by atoms with E-state index in [9.17, 15) is 19.5 Å². The fraction of sp³-hybridized carbons (Fsp3) is 0.382. The van der Waals surface area contributed by atoms with E-state index in [1.165, 1.54) is 0 Å². The van der Waals surface area contributed by atoms with Crippen LogP contribution in [0.5, 0.6) is 5.75 Å². The summed E-state index contributed by atoms with van der Waals surface area (Å²) in [5.74, 6) is -0.586. The van der Waals surface area contributed by atoms with Crippen LogP contribution in [0.15, 0.2) is 72.8 Å². The molecule has 0 radical (unpaired) electrons. The first kappa shape index (κ1) is 30.6. The molecule has 0 saturated heterocycles. The van der Waals surface area contributed by atoms with E-state index in [2.05, 4.69) is 10.6 Å². The van der Waals surface area contributed by atoms with E-state index in [1.807, 2.05) is 62.4 Å². The van der Waals surface area contributed by atoms with Gasteiger partial charge in [-0.15, -0.1) is 0 Å². The van der Waals surface area contributed by atoms with Crippen LogP contribution in [0.4, 0.5) is 10.5 Å². The number of phenols is 1. The molecule has 0 aromatic heterocycles. The average molecular weight is 572 g/mol. The number of ether oxygens (including phenoxy) is 1. The van der Waals surface area contributed by atoms with Gasteiger partial charge in [-0.3, -0.25) is 9.59 Å². The molecular formula is C34H41N3O5. The van der Waals surface area contributed by atoms with Crippen LogP contribution in [0.25, 0.3) is 0 Å². The Balaban J connectivity index is 1.76. The summed E-state index contributed by atoms with van der Waals surface area (Å²) >= 11 is 0. The van der Waals surface area contributed by atoms with Crippen LogP contribution < -0.4 is 10.6 Å². The van der Waals surface area contributed by atoms with Crippen molar-refractivity contribution in [3.63, 3.8) is 0 Å². The fourth-order valence-electron chi connectivity index (χ4n) is 5.11. The van der Waals surface area contributed by atoms with Gasteiger partial charge in [0.2, 0.25) is 5.91 Å². The Morgan fingerprint density at radius 2 is 1.55 bits per heavy atom. The third-order valence-electron chi connectivity index (χ3n) is 7.50. The second-order valence-corrected chi connectivity index (χ2v) is 12.0. The Morgan fingerprint density at radius 1 is 0.929 bits per heavy atom. The highest BCUT2D eigenvalue weighted by molar-refractivity contribution is 5.99. The lowest BCUT2D eigenvalue weighted by atomic mass is 9.87. The number of anilines is 1. The molecule has 3 amide bonds. The standard InChI is InChI=1S/C34H41N3O5/c1-22-11-6-8-15-27(22)30(31(39)35-28-16-9-7-12-23(28)2)37(25-13-10-14-25)32(40)29(36-33(41)42-34(3,4)5)21-24-17-19-26(38)20-18-24/h6-9,11-12,15-20,25,29-30,38H,10,13-14,21H2,1-5H3,(H,35,39)(H,36,41). The van der Waals surface area contributed by atoms with E-state index in [0.29, 0.717) is 5.69 Å². The van der Waals surface area contributed by atoms with Gasteiger partial charge in [0, 0.05) is 18.2 Å². The van der Waals surface area contributed by atoms with Gasteiger partial charge in [0.25, 0.3) is 5.91 Å². The maximum Gasteiger partial charge on any atom is 0.408 e. The van der Waals surface area contributed by atoms with E-state index in [-0.39, 0.29) is 30.0 Å². The Kier molecular flexibility index (Phi) is 9.55. The van der Waals surface area contributed by atoms with Gasteiger partial charge in [0.15, 0.2) is 0 Å². The highest BCUT2D eigenvalue weighted by atomic mass is 16.6. The lowest BCUT2D eigenvalue weighted by molar-refractivity contribution is -0.145. The molecule has 0 spiro atoms. The number of phenolic OH excluding ortho intramolecular Hbond substituents is 1. The second kappa shape index (κ2) is 13.1. The lowest BCUT2D eigenvalue weighted by Gasteiger charge is -2.44. The quantitative estimate of drug-likeness (QED) is 0.283. The maximum absolute atomic E-state index is 14.6. The van der Waals surface area contributed by atoms with Gasteiger partial charge in [-0.1, -0.05) is 54.6 Å². The number of amides is 3. The number of nitrogens with zero attached hydrogens (tertiary/aromatic N) is 1. The van der Waals surface area contributed by atoms with Crippen LogP contribution in [-0.4, -0.2) is 45.6 Å². The molecule has 8 nitrogen and oxygen atoms in total. The van der Waals surface area contributed by atoms with Crippen molar-refractivity contribution in [2.75, 3.05) is 5.32 Å². The number of rotatable bonds is 9. The van der Waals surface area contributed by atoms with Gasteiger partial charge < -0.3 is 25.4 Å². The Labute approximate surface area is 248 Å². The Morgan fingerprint density at radius 3 is 2.12 bits per heavy atom. The monoisotopic (exact) mass is 571 g/mol. The molecule has 8 heteroatoms. The van der Waals surface area contributed by atoms with Gasteiger partial charge in [-0.25, -0.2) is 4.79 Å². The summed E-state index contributed by atoms with van der Waals surface area (Å²) in [7, 11) is 0. The van der Waals surface area contributed by atoms with Crippen molar-refractivity contribution in [1.82, 2.24) is 10.2 Å². The Hall–Kier alpha value is -4.33. The second-order valence-electron chi connectivity index (χ2n) is 12.0. The number of nitrogens with one attached hydrogen (secondary N) is 2. The topological polar surface area (TPSA) is 108 Å². The number of carbonyl (C=O) groups excluding carboxylic acids is 3. The zero-order valence-corrected chi connectivity index (χ0v) is 25.0. The molecule has 0 heterocycles. The van der Waals surface area contributed by atoms with Crippen LogP contribution in [0, 0.1) is 13.8 Å². The first-order valence-electron chi connectivity index (χ1n) is 14.4. The molecule has 3 N–H and O–H groups in total. The normalized spacial score (nSPS) is 14.7. The SMILES string of the molecule is Cc1ccccc1NC(=O)C(c1ccccc1C)N(C(=O)C(Cc1ccc(O)cc1)NC(=O)OC(C)(C)C)C1CCC1. The van der Waals surface area contributed by atoms with Crippen LogP contribution in [0.2, 0.25) is 0 Å². The van der Waals surface area contributed by atoms with E-state index < -0.39 is 23.8 Å². The van der Waals surface area contributed by atoms with Crippen molar-refractivity contribution in [2.45, 2.75) is 84.0 Å². The number of hydrogen-bond donors (Lipinski definition) is 3. The highest BCUT2D eigenvalue weighted by Crippen LogP contribution is 2.36. The van der Waals surface area contributed by atoms with Gasteiger partial charge >= 0.3 is 6.09 Å². The van der Waals surface area contributed by atoms with Crippen molar-refractivity contribution in [3.05, 3.63) is 95.1 Å². The number of aromatic hydroxyl groups is 1. The first-order valence-corrected chi connectivity index (χ1v) is 14.4. The van der Waals surface area contributed by atoms with Gasteiger partial charge in [-0.2, -0.15) is 0 Å². The molecule has 1 fully saturated rings. The third-order valence-corrected chi connectivity index (χ3v) is 7.50. The zero-order chi connectivity index (χ0) is 30.4. The van der Waals surface area contributed by atoms with E-state index >= 15 is 0 Å². The predicted octanol–water partition coefficient (Wildman–Crippen LogP) is 6.21. The molecule has 2 atom stereocenters.